The summed E-state index contributed by atoms with van der Waals surface area (Å²) in [5.74, 6) is 1.54. The Morgan fingerprint density at radius 1 is 1.53 bits per heavy atom. The van der Waals surface area contributed by atoms with Crippen LogP contribution in [-0.2, 0) is 4.79 Å². The average Bonchev–Trinajstić information content (AvgIpc) is 2.32. The molecule has 0 radical (unpaired) electrons. The summed E-state index contributed by atoms with van der Waals surface area (Å²) in [7, 11) is 1.81. The zero-order valence-electron chi connectivity index (χ0n) is 12.6. The fraction of sp³-hybridized carbons (Fsp3) is 0.625. The molecule has 19 heavy (non-hydrogen) atoms. The predicted molar refractivity (Wildman–Crippen MR) is 81.0 cm³/mol. The van der Waals surface area contributed by atoms with E-state index in [1.54, 1.807) is 18.1 Å². The van der Waals surface area contributed by atoms with E-state index in [9.17, 15) is 4.79 Å². The number of rotatable bonds is 5. The molecule has 0 aliphatic heterocycles. The Balaban J connectivity index is 2.85. The Labute approximate surface area is 117 Å². The molecule has 0 bridgehead atoms. The Kier molecular flexibility index (Phi) is 6.00. The third kappa shape index (κ3) is 3.79. The zero-order valence-corrected chi connectivity index (χ0v) is 12.6. The second-order valence-corrected chi connectivity index (χ2v) is 5.32. The molecule has 0 unspecified atom stereocenters. The Hall–Kier alpha value is -1.38. The van der Waals surface area contributed by atoms with Gasteiger partial charge in [0, 0.05) is 19.2 Å². The number of hydrogen-bond acceptors (Lipinski definition) is 2. The second kappa shape index (κ2) is 7.27. The molecule has 3 heteroatoms. The van der Waals surface area contributed by atoms with Gasteiger partial charge in [-0.1, -0.05) is 26.0 Å². The molecule has 1 rings (SSSR count). The van der Waals surface area contributed by atoms with Crippen LogP contribution in [0, 0.1) is 11.8 Å². The molecule has 106 valence electrons. The number of likely N-dealkylation sites (N-methyl/N-ethyl adjacent to an activating group) is 1. The van der Waals surface area contributed by atoms with E-state index < -0.39 is 0 Å². The van der Waals surface area contributed by atoms with Crippen molar-refractivity contribution in [2.75, 3.05) is 7.05 Å². The number of aliphatic imine (C=N–C) groups is 1. The molecule has 1 fully saturated rings. The lowest BCUT2D eigenvalue weighted by Crippen LogP contribution is -2.42. The lowest BCUT2D eigenvalue weighted by atomic mass is 9.74. The first-order chi connectivity index (χ1) is 9.02. The second-order valence-electron chi connectivity index (χ2n) is 5.32. The van der Waals surface area contributed by atoms with E-state index in [2.05, 4.69) is 18.5 Å². The van der Waals surface area contributed by atoms with Gasteiger partial charge in [-0.05, 0) is 44.6 Å². The van der Waals surface area contributed by atoms with Gasteiger partial charge < -0.3 is 0 Å². The van der Waals surface area contributed by atoms with Crippen LogP contribution in [0.4, 0.5) is 0 Å². The van der Waals surface area contributed by atoms with Crippen LogP contribution in [0.2, 0.25) is 0 Å². The van der Waals surface area contributed by atoms with Crippen LogP contribution in [0.3, 0.4) is 0 Å². The summed E-state index contributed by atoms with van der Waals surface area (Å²) in [5, 5.41) is 0. The molecular formula is C16H26N2O. The van der Waals surface area contributed by atoms with Crippen molar-refractivity contribution in [3.05, 3.63) is 24.4 Å². The summed E-state index contributed by atoms with van der Waals surface area (Å²) in [6.07, 6.45) is 8.10. The number of carbonyl (C=O) groups excluding carboxylic acids is 1. The van der Waals surface area contributed by atoms with Gasteiger partial charge in [0.2, 0.25) is 5.91 Å². The molecule has 0 N–H and O–H groups in total. The van der Waals surface area contributed by atoms with Gasteiger partial charge in [-0.25, -0.2) is 4.99 Å². The van der Waals surface area contributed by atoms with Crippen molar-refractivity contribution in [1.29, 1.82) is 0 Å². The largest absolute Gasteiger partial charge is 0.300 e. The first-order valence-corrected chi connectivity index (χ1v) is 7.15. The van der Waals surface area contributed by atoms with Crippen LogP contribution in [0.1, 0.15) is 46.5 Å². The summed E-state index contributed by atoms with van der Waals surface area (Å²) in [5.41, 5.74) is 0.817. The molecular weight excluding hydrogens is 236 g/mol. The molecule has 0 saturated heterocycles. The fourth-order valence-corrected chi connectivity index (χ4v) is 2.53. The first-order valence-electron chi connectivity index (χ1n) is 7.15. The Bertz CT molecular complexity index is 392. The number of allylic oxidation sites excluding steroid dienone is 1. The fourth-order valence-electron chi connectivity index (χ4n) is 2.53. The van der Waals surface area contributed by atoms with Crippen LogP contribution < -0.4 is 0 Å². The summed E-state index contributed by atoms with van der Waals surface area (Å²) in [4.78, 5) is 18.6. The lowest BCUT2D eigenvalue weighted by molar-refractivity contribution is -0.133. The van der Waals surface area contributed by atoms with Crippen molar-refractivity contribution in [1.82, 2.24) is 4.90 Å². The summed E-state index contributed by atoms with van der Waals surface area (Å²) in [6.45, 7) is 9.81. The SMILES string of the molecule is C=C(C)C(=N/C=C\C)N(C)C(=O)[C@H](CC)C1CCC1. The van der Waals surface area contributed by atoms with Crippen molar-refractivity contribution in [2.45, 2.75) is 46.5 Å². The van der Waals surface area contributed by atoms with Gasteiger partial charge in [-0.2, -0.15) is 0 Å². The van der Waals surface area contributed by atoms with Gasteiger partial charge in [0.1, 0.15) is 5.84 Å². The monoisotopic (exact) mass is 262 g/mol. The molecule has 0 aromatic heterocycles. The minimum absolute atomic E-state index is 0.133. The van der Waals surface area contributed by atoms with Crippen molar-refractivity contribution in [2.24, 2.45) is 16.8 Å². The maximum Gasteiger partial charge on any atom is 0.231 e. The topological polar surface area (TPSA) is 32.7 Å². The van der Waals surface area contributed by atoms with Gasteiger partial charge in [0.15, 0.2) is 0 Å². The minimum Gasteiger partial charge on any atom is -0.300 e. The van der Waals surface area contributed by atoms with Crippen molar-refractivity contribution < 1.29 is 4.79 Å². The van der Waals surface area contributed by atoms with Crippen LogP contribution >= 0.6 is 0 Å². The van der Waals surface area contributed by atoms with E-state index >= 15 is 0 Å². The van der Waals surface area contributed by atoms with E-state index in [0.717, 1.165) is 12.0 Å². The molecule has 1 aliphatic carbocycles. The summed E-state index contributed by atoms with van der Waals surface area (Å²) < 4.78 is 0. The van der Waals surface area contributed by atoms with Crippen LogP contribution in [0.15, 0.2) is 29.4 Å². The lowest BCUT2D eigenvalue weighted by Gasteiger charge is -2.34. The molecule has 1 amide bonds. The van der Waals surface area contributed by atoms with E-state index in [4.69, 9.17) is 0 Å². The smallest absolute Gasteiger partial charge is 0.231 e. The standard InChI is InChI=1S/C16H26N2O/c1-6-11-17-15(12(3)4)18(5)16(19)14(7-2)13-9-8-10-13/h6,11,13-14H,3,7-10H2,1-2,4-5H3/b11-6-,17-15?/t14-/m1/s1. The van der Waals surface area contributed by atoms with Gasteiger partial charge >= 0.3 is 0 Å². The molecule has 0 aromatic carbocycles. The number of amides is 1. The highest BCUT2D eigenvalue weighted by Crippen LogP contribution is 2.36. The minimum atomic E-state index is 0.133. The maximum absolute atomic E-state index is 12.6. The van der Waals surface area contributed by atoms with Gasteiger partial charge in [-0.15, -0.1) is 0 Å². The van der Waals surface area contributed by atoms with Crippen molar-refractivity contribution in [3.8, 4) is 0 Å². The van der Waals surface area contributed by atoms with Crippen LogP contribution in [0.5, 0.6) is 0 Å². The van der Waals surface area contributed by atoms with Gasteiger partial charge in [0.25, 0.3) is 0 Å². The molecule has 1 saturated carbocycles. The molecule has 0 heterocycles. The van der Waals surface area contributed by atoms with E-state index in [1.807, 2.05) is 19.9 Å². The van der Waals surface area contributed by atoms with Crippen LogP contribution in [-0.4, -0.2) is 23.7 Å². The zero-order chi connectivity index (χ0) is 14.4. The predicted octanol–water partition coefficient (Wildman–Crippen LogP) is 3.78. The van der Waals surface area contributed by atoms with E-state index in [1.165, 1.54) is 19.3 Å². The Morgan fingerprint density at radius 2 is 2.16 bits per heavy atom. The average molecular weight is 262 g/mol. The number of nitrogens with zero attached hydrogens (tertiary/aromatic N) is 2. The first kappa shape index (κ1) is 15.7. The molecule has 1 aliphatic rings. The van der Waals surface area contributed by atoms with Crippen molar-refractivity contribution >= 4 is 11.7 Å². The summed E-state index contributed by atoms with van der Waals surface area (Å²) >= 11 is 0. The third-order valence-corrected chi connectivity index (χ3v) is 3.85. The molecule has 3 nitrogen and oxygen atoms in total. The highest BCUT2D eigenvalue weighted by atomic mass is 16.2. The summed E-state index contributed by atoms with van der Waals surface area (Å²) in [6, 6.07) is 0. The number of carbonyl (C=O) groups is 1. The van der Waals surface area contributed by atoms with Gasteiger partial charge in [0.05, 0.1) is 0 Å². The van der Waals surface area contributed by atoms with E-state index in [0.29, 0.717) is 11.8 Å². The Morgan fingerprint density at radius 3 is 2.53 bits per heavy atom. The molecule has 1 atom stereocenters. The number of amidine groups is 1. The van der Waals surface area contributed by atoms with E-state index in [-0.39, 0.29) is 11.8 Å². The van der Waals surface area contributed by atoms with Crippen LogP contribution in [0.25, 0.3) is 0 Å². The van der Waals surface area contributed by atoms with Gasteiger partial charge in [-0.3, -0.25) is 9.69 Å². The highest BCUT2D eigenvalue weighted by molar-refractivity contribution is 6.07. The number of hydrogen-bond donors (Lipinski definition) is 0. The maximum atomic E-state index is 12.6. The normalized spacial score (nSPS) is 18.2. The third-order valence-electron chi connectivity index (χ3n) is 3.85. The highest BCUT2D eigenvalue weighted by Gasteiger charge is 2.33. The quantitative estimate of drug-likeness (QED) is 0.548. The molecule has 0 spiro atoms. The van der Waals surface area contributed by atoms with Crippen molar-refractivity contribution in [3.63, 3.8) is 0 Å². The molecule has 0 aromatic rings.